The van der Waals surface area contributed by atoms with E-state index in [0.29, 0.717) is 29.5 Å². The summed E-state index contributed by atoms with van der Waals surface area (Å²) in [5, 5.41) is 9.65. The van der Waals surface area contributed by atoms with Gasteiger partial charge in [-0.25, -0.2) is 15.0 Å². The molecule has 0 spiro atoms. The second-order valence-electron chi connectivity index (χ2n) is 6.40. The maximum Gasteiger partial charge on any atom is 0.273 e. The summed E-state index contributed by atoms with van der Waals surface area (Å²) in [4.78, 5) is 27.9. The Morgan fingerprint density at radius 3 is 2.75 bits per heavy atom. The van der Waals surface area contributed by atoms with Gasteiger partial charge in [0.15, 0.2) is 5.82 Å². The quantitative estimate of drug-likeness (QED) is 0.934. The molecule has 1 unspecified atom stereocenters. The van der Waals surface area contributed by atoms with Gasteiger partial charge in [0, 0.05) is 24.6 Å². The highest BCUT2D eigenvalue weighted by molar-refractivity contribution is 5.98. The van der Waals surface area contributed by atoms with Crippen molar-refractivity contribution < 1.29 is 9.90 Å². The molecule has 1 amide bonds. The maximum atomic E-state index is 13.2. The Labute approximate surface area is 141 Å². The zero-order chi connectivity index (χ0) is 17.1. The Morgan fingerprint density at radius 1 is 1.29 bits per heavy atom. The average molecular weight is 326 g/mol. The zero-order valence-electron chi connectivity index (χ0n) is 14.0. The number of aromatic nitrogens is 3. The van der Waals surface area contributed by atoms with Crippen LogP contribution in [0, 0.1) is 12.8 Å². The van der Waals surface area contributed by atoms with Crippen LogP contribution < -0.4 is 0 Å². The fourth-order valence-electron chi connectivity index (χ4n) is 3.12. The van der Waals surface area contributed by atoms with Crippen LogP contribution in [0.25, 0.3) is 11.4 Å². The van der Waals surface area contributed by atoms with E-state index in [4.69, 9.17) is 0 Å². The fraction of sp³-hybridized carbons (Fsp3) is 0.444. The van der Waals surface area contributed by atoms with E-state index in [9.17, 15) is 9.90 Å². The first-order valence-electron chi connectivity index (χ1n) is 8.27. The van der Waals surface area contributed by atoms with Crippen LogP contribution >= 0.6 is 0 Å². The van der Waals surface area contributed by atoms with Crippen molar-refractivity contribution in [2.45, 2.75) is 32.7 Å². The number of rotatable bonds is 3. The van der Waals surface area contributed by atoms with Crippen molar-refractivity contribution in [1.82, 2.24) is 19.9 Å². The van der Waals surface area contributed by atoms with E-state index in [-0.39, 0.29) is 18.6 Å². The third kappa shape index (κ3) is 3.28. The van der Waals surface area contributed by atoms with Gasteiger partial charge in [0.1, 0.15) is 5.69 Å². The second kappa shape index (κ2) is 7.05. The Hall–Kier alpha value is -2.34. The van der Waals surface area contributed by atoms with Gasteiger partial charge >= 0.3 is 0 Å². The molecule has 3 heterocycles. The number of aliphatic hydroxyl groups excluding tert-OH is 1. The van der Waals surface area contributed by atoms with Crippen molar-refractivity contribution in [3.63, 3.8) is 0 Å². The molecule has 126 valence electrons. The number of hydrogen-bond donors (Lipinski definition) is 1. The van der Waals surface area contributed by atoms with Crippen molar-refractivity contribution >= 4 is 5.91 Å². The summed E-state index contributed by atoms with van der Waals surface area (Å²) >= 11 is 0. The fourth-order valence-corrected chi connectivity index (χ4v) is 3.12. The van der Waals surface area contributed by atoms with E-state index in [0.717, 1.165) is 18.5 Å². The summed E-state index contributed by atoms with van der Waals surface area (Å²) in [5.41, 5.74) is 1.75. The smallest absolute Gasteiger partial charge is 0.273 e. The van der Waals surface area contributed by atoms with Crippen LogP contribution in [0.2, 0.25) is 0 Å². The van der Waals surface area contributed by atoms with Crippen LogP contribution in [-0.4, -0.2) is 50.1 Å². The predicted molar refractivity (Wildman–Crippen MR) is 90.3 cm³/mol. The minimum Gasteiger partial charge on any atom is -0.394 e. The van der Waals surface area contributed by atoms with Gasteiger partial charge in [-0.2, -0.15) is 0 Å². The van der Waals surface area contributed by atoms with E-state index in [1.807, 2.05) is 19.1 Å². The Balaban J connectivity index is 2.01. The summed E-state index contributed by atoms with van der Waals surface area (Å²) < 4.78 is 0. The lowest BCUT2D eigenvalue weighted by molar-refractivity contribution is 0.0415. The molecule has 1 fully saturated rings. The lowest BCUT2D eigenvalue weighted by Gasteiger charge is -2.37. The lowest BCUT2D eigenvalue weighted by Crippen LogP contribution is -2.48. The standard InChI is InChI=1S/C18H22N4O2/c1-12-4-6-14(11-23)22(10-12)18(24)16-15(7-5-13(2)21-16)17-19-8-3-9-20-17/h3,5,7-9,12,14,23H,4,6,10-11H2,1-2H3/t12-,14?/m1/s1. The van der Waals surface area contributed by atoms with E-state index >= 15 is 0 Å². The third-order valence-corrected chi connectivity index (χ3v) is 4.46. The van der Waals surface area contributed by atoms with Crippen LogP contribution in [0.3, 0.4) is 0 Å². The molecule has 6 nitrogen and oxygen atoms in total. The number of hydrogen-bond acceptors (Lipinski definition) is 5. The first kappa shape index (κ1) is 16.5. The highest BCUT2D eigenvalue weighted by Gasteiger charge is 2.32. The molecule has 2 aromatic heterocycles. The van der Waals surface area contributed by atoms with Gasteiger partial charge in [0.25, 0.3) is 5.91 Å². The number of aliphatic hydroxyl groups is 1. The number of nitrogens with zero attached hydrogens (tertiary/aromatic N) is 4. The number of carbonyl (C=O) groups excluding carboxylic acids is 1. The topological polar surface area (TPSA) is 79.2 Å². The van der Waals surface area contributed by atoms with Crippen molar-refractivity contribution in [1.29, 1.82) is 0 Å². The van der Waals surface area contributed by atoms with Crippen molar-refractivity contribution in [3.8, 4) is 11.4 Å². The monoisotopic (exact) mass is 326 g/mol. The van der Waals surface area contributed by atoms with Crippen LogP contribution in [0.4, 0.5) is 0 Å². The number of piperidine rings is 1. The molecule has 0 saturated carbocycles. The van der Waals surface area contributed by atoms with Gasteiger partial charge in [0.05, 0.1) is 18.2 Å². The molecule has 0 bridgehead atoms. The Morgan fingerprint density at radius 2 is 2.04 bits per heavy atom. The van der Waals surface area contributed by atoms with Crippen molar-refractivity contribution in [2.75, 3.05) is 13.2 Å². The van der Waals surface area contributed by atoms with Gasteiger partial charge in [-0.05, 0) is 43.9 Å². The first-order valence-corrected chi connectivity index (χ1v) is 8.27. The molecule has 1 N–H and O–H groups in total. The summed E-state index contributed by atoms with van der Waals surface area (Å²) in [6.45, 7) is 4.59. The first-order chi connectivity index (χ1) is 11.6. The molecule has 0 aliphatic carbocycles. The van der Waals surface area contributed by atoms with Crippen LogP contribution in [0.5, 0.6) is 0 Å². The highest BCUT2D eigenvalue weighted by Crippen LogP contribution is 2.26. The second-order valence-corrected chi connectivity index (χ2v) is 6.40. The number of aryl methyl sites for hydroxylation is 1. The Bertz CT molecular complexity index is 720. The van der Waals surface area contributed by atoms with Crippen LogP contribution in [0.1, 0.15) is 35.9 Å². The normalized spacial score (nSPS) is 20.9. The summed E-state index contributed by atoms with van der Waals surface area (Å²) in [7, 11) is 0. The molecule has 0 aromatic carbocycles. The molecule has 1 saturated heterocycles. The van der Waals surface area contributed by atoms with E-state index in [1.165, 1.54) is 0 Å². The minimum absolute atomic E-state index is 0.0263. The van der Waals surface area contributed by atoms with Crippen molar-refractivity contribution in [2.24, 2.45) is 5.92 Å². The van der Waals surface area contributed by atoms with Crippen LogP contribution in [-0.2, 0) is 0 Å². The molecule has 2 aromatic rings. The molecule has 1 aliphatic heterocycles. The maximum absolute atomic E-state index is 13.2. The lowest BCUT2D eigenvalue weighted by atomic mass is 9.94. The molecular formula is C18H22N4O2. The largest absolute Gasteiger partial charge is 0.394 e. The van der Waals surface area contributed by atoms with Crippen LogP contribution in [0.15, 0.2) is 30.6 Å². The van der Waals surface area contributed by atoms with Gasteiger partial charge < -0.3 is 10.0 Å². The molecule has 24 heavy (non-hydrogen) atoms. The van der Waals surface area contributed by atoms with E-state index in [2.05, 4.69) is 21.9 Å². The summed E-state index contributed by atoms with van der Waals surface area (Å²) in [6, 6.07) is 5.28. The molecule has 6 heteroatoms. The number of carbonyl (C=O) groups is 1. The van der Waals surface area contributed by atoms with Gasteiger partial charge in [-0.1, -0.05) is 6.92 Å². The third-order valence-electron chi connectivity index (χ3n) is 4.46. The van der Waals surface area contributed by atoms with Gasteiger partial charge in [-0.15, -0.1) is 0 Å². The highest BCUT2D eigenvalue weighted by atomic mass is 16.3. The SMILES string of the molecule is Cc1ccc(-c2ncccn2)c(C(=O)N2C[C@H](C)CCC2CO)n1. The van der Waals surface area contributed by atoms with E-state index < -0.39 is 0 Å². The summed E-state index contributed by atoms with van der Waals surface area (Å²) in [5.74, 6) is 0.740. The zero-order valence-corrected chi connectivity index (χ0v) is 14.0. The molecular weight excluding hydrogens is 304 g/mol. The molecule has 1 aliphatic rings. The Kier molecular flexibility index (Phi) is 4.85. The average Bonchev–Trinajstić information content (AvgIpc) is 2.61. The predicted octanol–water partition coefficient (Wildman–Crippen LogP) is 2.08. The summed E-state index contributed by atoms with van der Waals surface area (Å²) in [6.07, 6.45) is 5.13. The number of pyridine rings is 1. The number of likely N-dealkylation sites (tertiary alicyclic amines) is 1. The van der Waals surface area contributed by atoms with Crippen molar-refractivity contribution in [3.05, 3.63) is 42.0 Å². The molecule has 3 rings (SSSR count). The minimum atomic E-state index is -0.160. The molecule has 0 radical (unpaired) electrons. The van der Waals surface area contributed by atoms with E-state index in [1.54, 1.807) is 23.4 Å². The molecule has 2 atom stereocenters. The van der Waals surface area contributed by atoms with Gasteiger partial charge in [0.2, 0.25) is 0 Å². The number of amides is 1. The van der Waals surface area contributed by atoms with Gasteiger partial charge in [-0.3, -0.25) is 4.79 Å².